The number of thioether (sulfide) groups is 1. The summed E-state index contributed by atoms with van der Waals surface area (Å²) in [5, 5.41) is 18.1. The van der Waals surface area contributed by atoms with E-state index >= 15 is 0 Å². The highest BCUT2D eigenvalue weighted by molar-refractivity contribution is 7.99. The molecule has 4 rings (SSSR count). The van der Waals surface area contributed by atoms with Gasteiger partial charge in [0.05, 0.1) is 31.2 Å². The van der Waals surface area contributed by atoms with Crippen LogP contribution in [0.15, 0.2) is 84.0 Å². The van der Waals surface area contributed by atoms with Crippen molar-refractivity contribution in [3.63, 3.8) is 0 Å². The Morgan fingerprint density at radius 2 is 1.66 bits per heavy atom. The normalized spacial score (nSPS) is 10.6. The van der Waals surface area contributed by atoms with Gasteiger partial charge >= 0.3 is 0 Å². The predicted molar refractivity (Wildman–Crippen MR) is 123 cm³/mol. The highest BCUT2D eigenvalue weighted by atomic mass is 32.2. The van der Waals surface area contributed by atoms with Gasteiger partial charge in [-0.1, -0.05) is 66.4 Å². The number of ether oxygens (including phenoxy) is 1. The van der Waals surface area contributed by atoms with Crippen LogP contribution in [0.1, 0.15) is 11.1 Å². The summed E-state index contributed by atoms with van der Waals surface area (Å²) in [6.07, 6.45) is 0.386. The average molecular weight is 445 g/mol. The molecule has 0 fully saturated rings. The fraction of sp³-hybridized carbons (Fsp3) is 0.160. The van der Waals surface area contributed by atoms with Crippen molar-refractivity contribution in [2.75, 3.05) is 12.4 Å². The maximum Gasteiger partial charge on any atom is 0.191 e. The van der Waals surface area contributed by atoms with E-state index in [1.165, 1.54) is 17.8 Å². The quantitative estimate of drug-likeness (QED) is 0.257. The Labute approximate surface area is 190 Å². The summed E-state index contributed by atoms with van der Waals surface area (Å²) in [5.41, 5.74) is 2.47. The van der Waals surface area contributed by atoms with Crippen molar-refractivity contribution in [2.45, 2.75) is 18.1 Å². The molecule has 0 atom stereocenters. The summed E-state index contributed by atoms with van der Waals surface area (Å²) < 4.78 is 22.2. The number of hydrogen-bond acceptors (Lipinski definition) is 5. The zero-order valence-corrected chi connectivity index (χ0v) is 18.1. The van der Waals surface area contributed by atoms with E-state index in [-0.39, 0.29) is 5.82 Å². The molecule has 0 aliphatic carbocycles. The van der Waals surface area contributed by atoms with Crippen LogP contribution in [0, 0.1) is 17.1 Å². The van der Waals surface area contributed by atoms with E-state index in [4.69, 9.17) is 10.00 Å². The molecule has 1 heterocycles. The lowest BCUT2D eigenvalue weighted by Crippen LogP contribution is -2.06. The molecule has 0 unspecified atom stereocenters. The summed E-state index contributed by atoms with van der Waals surface area (Å²) in [4.78, 5) is 0. The van der Waals surface area contributed by atoms with Gasteiger partial charge in [0.15, 0.2) is 11.0 Å². The summed E-state index contributed by atoms with van der Waals surface area (Å²) in [6.45, 7) is 1.02. The van der Waals surface area contributed by atoms with Crippen molar-refractivity contribution in [3.8, 4) is 23.2 Å². The van der Waals surface area contributed by atoms with E-state index in [1.54, 1.807) is 18.2 Å². The topological polar surface area (TPSA) is 63.7 Å². The molecule has 0 N–H and O–H groups in total. The molecule has 1 aromatic heterocycles. The van der Waals surface area contributed by atoms with Gasteiger partial charge in [0, 0.05) is 5.75 Å². The number of hydrogen-bond donors (Lipinski definition) is 0. The number of rotatable bonds is 9. The van der Waals surface area contributed by atoms with Crippen LogP contribution in [-0.2, 0) is 13.0 Å². The standard InChI is InChI=1S/C25H21FN4OS/c26-23-9-5-4-8-22(23)24-28-29-25(30(24)18-20-6-2-1-3-7-20)32-17-16-31-21-12-10-19(11-13-21)14-15-27/h1-13H,14,16-18H2. The fourth-order valence-corrected chi connectivity index (χ4v) is 3.99. The maximum atomic E-state index is 14.4. The van der Waals surface area contributed by atoms with Crippen LogP contribution < -0.4 is 4.74 Å². The zero-order chi connectivity index (χ0) is 22.2. The van der Waals surface area contributed by atoms with Gasteiger partial charge in [-0.3, -0.25) is 4.57 Å². The highest BCUT2D eigenvalue weighted by Gasteiger charge is 2.17. The van der Waals surface area contributed by atoms with E-state index in [1.807, 2.05) is 59.2 Å². The first kappa shape index (κ1) is 21.6. The molecule has 0 aliphatic rings. The summed E-state index contributed by atoms with van der Waals surface area (Å²) in [5.74, 6) is 1.59. The van der Waals surface area contributed by atoms with Gasteiger partial charge in [0.1, 0.15) is 11.6 Å². The van der Waals surface area contributed by atoms with Gasteiger partial charge in [0.25, 0.3) is 0 Å². The molecule has 32 heavy (non-hydrogen) atoms. The maximum absolute atomic E-state index is 14.4. The van der Waals surface area contributed by atoms with Gasteiger partial charge < -0.3 is 4.74 Å². The molecule has 0 radical (unpaired) electrons. The lowest BCUT2D eigenvalue weighted by Gasteiger charge is -2.11. The third-order valence-corrected chi connectivity index (χ3v) is 5.74. The largest absolute Gasteiger partial charge is 0.493 e. The first-order valence-corrected chi connectivity index (χ1v) is 11.2. The Morgan fingerprint density at radius 3 is 2.41 bits per heavy atom. The van der Waals surface area contributed by atoms with Crippen LogP contribution in [0.25, 0.3) is 11.4 Å². The van der Waals surface area contributed by atoms with Crippen molar-refractivity contribution in [3.05, 3.63) is 95.8 Å². The summed E-state index contributed by atoms with van der Waals surface area (Å²) in [7, 11) is 0. The SMILES string of the molecule is N#CCc1ccc(OCCSc2nnc(-c3ccccc3F)n2Cc2ccccc2)cc1. The van der Waals surface area contributed by atoms with Crippen LogP contribution in [0.4, 0.5) is 4.39 Å². The Morgan fingerprint density at radius 1 is 0.906 bits per heavy atom. The van der Waals surface area contributed by atoms with Gasteiger partial charge in [-0.25, -0.2) is 4.39 Å². The van der Waals surface area contributed by atoms with Gasteiger partial charge in [-0.2, -0.15) is 5.26 Å². The molecule has 0 spiro atoms. The molecular formula is C25H21FN4OS. The lowest BCUT2D eigenvalue weighted by atomic mass is 10.2. The van der Waals surface area contributed by atoms with Crippen LogP contribution >= 0.6 is 11.8 Å². The second-order valence-corrected chi connectivity index (χ2v) is 8.10. The van der Waals surface area contributed by atoms with Gasteiger partial charge in [0.2, 0.25) is 0 Å². The van der Waals surface area contributed by atoms with Gasteiger partial charge in [-0.15, -0.1) is 10.2 Å². The molecule has 7 heteroatoms. The number of nitrogens with zero attached hydrogens (tertiary/aromatic N) is 4. The molecule has 0 amide bonds. The minimum atomic E-state index is -0.325. The van der Waals surface area contributed by atoms with E-state index < -0.39 is 0 Å². The van der Waals surface area contributed by atoms with Crippen molar-refractivity contribution >= 4 is 11.8 Å². The molecular weight excluding hydrogens is 423 g/mol. The molecule has 0 saturated heterocycles. The predicted octanol–water partition coefficient (Wildman–Crippen LogP) is 5.37. The Balaban J connectivity index is 1.47. The minimum absolute atomic E-state index is 0.325. The first-order chi connectivity index (χ1) is 15.7. The second-order valence-electron chi connectivity index (χ2n) is 7.03. The third-order valence-electron chi connectivity index (χ3n) is 4.80. The molecule has 5 nitrogen and oxygen atoms in total. The Bertz CT molecular complexity index is 1200. The van der Waals surface area contributed by atoms with E-state index in [9.17, 15) is 4.39 Å². The molecule has 4 aromatic rings. The Hall–Kier alpha value is -3.63. The third kappa shape index (κ3) is 5.34. The molecule has 0 saturated carbocycles. The number of aromatic nitrogens is 3. The van der Waals surface area contributed by atoms with Crippen molar-refractivity contribution < 1.29 is 9.13 Å². The minimum Gasteiger partial charge on any atom is -0.493 e. The van der Waals surface area contributed by atoms with Crippen molar-refractivity contribution in [2.24, 2.45) is 0 Å². The first-order valence-electron chi connectivity index (χ1n) is 10.2. The van der Waals surface area contributed by atoms with Gasteiger partial charge in [-0.05, 0) is 35.4 Å². The number of benzene rings is 3. The summed E-state index contributed by atoms with van der Waals surface area (Å²) >= 11 is 1.52. The van der Waals surface area contributed by atoms with E-state index in [2.05, 4.69) is 16.3 Å². The number of halogens is 1. The highest BCUT2D eigenvalue weighted by Crippen LogP contribution is 2.27. The molecule has 0 bridgehead atoms. The fourth-order valence-electron chi connectivity index (χ4n) is 3.23. The summed E-state index contributed by atoms with van der Waals surface area (Å²) in [6, 6.07) is 26.2. The Kier molecular flexibility index (Phi) is 7.15. The zero-order valence-electron chi connectivity index (χ0n) is 17.3. The molecule has 0 aliphatic heterocycles. The molecule has 160 valence electrons. The smallest absolute Gasteiger partial charge is 0.191 e. The van der Waals surface area contributed by atoms with Crippen molar-refractivity contribution in [1.29, 1.82) is 5.26 Å². The average Bonchev–Trinajstić information content (AvgIpc) is 3.21. The van der Waals surface area contributed by atoms with Crippen LogP contribution in [-0.4, -0.2) is 27.1 Å². The van der Waals surface area contributed by atoms with Crippen LogP contribution in [0.2, 0.25) is 0 Å². The van der Waals surface area contributed by atoms with Crippen molar-refractivity contribution in [1.82, 2.24) is 14.8 Å². The van der Waals surface area contributed by atoms with Crippen LogP contribution in [0.3, 0.4) is 0 Å². The van der Waals surface area contributed by atoms with E-state index in [0.29, 0.717) is 41.9 Å². The monoisotopic (exact) mass is 444 g/mol. The van der Waals surface area contributed by atoms with E-state index in [0.717, 1.165) is 16.9 Å². The lowest BCUT2D eigenvalue weighted by molar-refractivity contribution is 0.343. The number of nitriles is 1. The van der Waals surface area contributed by atoms with Crippen LogP contribution in [0.5, 0.6) is 5.75 Å². The molecule has 3 aromatic carbocycles. The second kappa shape index (κ2) is 10.6.